The number of hydrogen-bond donors (Lipinski definition) is 0. The van der Waals surface area contributed by atoms with Crippen LogP contribution >= 0.6 is 23.2 Å². The van der Waals surface area contributed by atoms with Gasteiger partial charge in [0.1, 0.15) is 11.0 Å². The summed E-state index contributed by atoms with van der Waals surface area (Å²) < 4.78 is 1.43. The second-order valence-electron chi connectivity index (χ2n) is 2.28. The molecule has 6 heteroatoms. The summed E-state index contributed by atoms with van der Waals surface area (Å²) in [5.41, 5.74) is 0.609. The van der Waals surface area contributed by atoms with Crippen LogP contribution < -0.4 is 0 Å². The van der Waals surface area contributed by atoms with Crippen LogP contribution in [0.2, 0.25) is 10.4 Å². The van der Waals surface area contributed by atoms with Crippen LogP contribution in [-0.4, -0.2) is 19.6 Å². The maximum absolute atomic E-state index is 5.74. The van der Waals surface area contributed by atoms with E-state index < -0.39 is 0 Å². The van der Waals surface area contributed by atoms with E-state index in [2.05, 4.69) is 15.1 Å². The van der Waals surface area contributed by atoms with E-state index in [-0.39, 0.29) is 5.28 Å². The first-order chi connectivity index (χ1) is 5.66. The second kappa shape index (κ2) is 2.57. The van der Waals surface area contributed by atoms with Gasteiger partial charge in [-0.2, -0.15) is 4.52 Å². The van der Waals surface area contributed by atoms with Crippen molar-refractivity contribution in [2.24, 2.45) is 0 Å². The standard InChI is InChI=1S/C6H4Cl2N4/c1-3-9-5-2-4(7)10-6(8)12(5)11-3/h2H,1H3. The van der Waals surface area contributed by atoms with Gasteiger partial charge in [0, 0.05) is 6.07 Å². The normalized spacial score (nSPS) is 10.9. The molecule has 2 heterocycles. The van der Waals surface area contributed by atoms with E-state index in [9.17, 15) is 0 Å². The van der Waals surface area contributed by atoms with Crippen LogP contribution in [0.3, 0.4) is 0 Å². The first-order valence-electron chi connectivity index (χ1n) is 3.22. The molecule has 0 amide bonds. The lowest BCUT2D eigenvalue weighted by Crippen LogP contribution is -1.92. The molecule has 0 saturated carbocycles. The molecule has 0 saturated heterocycles. The zero-order chi connectivity index (χ0) is 8.72. The summed E-state index contributed by atoms with van der Waals surface area (Å²) in [4.78, 5) is 7.88. The Morgan fingerprint density at radius 2 is 2.08 bits per heavy atom. The Labute approximate surface area is 78.1 Å². The highest BCUT2D eigenvalue weighted by Crippen LogP contribution is 2.13. The Morgan fingerprint density at radius 1 is 1.33 bits per heavy atom. The van der Waals surface area contributed by atoms with E-state index >= 15 is 0 Å². The van der Waals surface area contributed by atoms with E-state index in [1.54, 1.807) is 13.0 Å². The Kier molecular flexibility index (Phi) is 1.66. The van der Waals surface area contributed by atoms with Crippen molar-refractivity contribution < 1.29 is 0 Å². The quantitative estimate of drug-likeness (QED) is 0.483. The molecule has 0 N–H and O–H groups in total. The molecule has 0 spiro atoms. The number of rotatable bonds is 0. The average molecular weight is 203 g/mol. The van der Waals surface area contributed by atoms with Crippen molar-refractivity contribution in [2.45, 2.75) is 6.92 Å². The molecule has 0 aliphatic carbocycles. The molecular formula is C6H4Cl2N4. The zero-order valence-electron chi connectivity index (χ0n) is 6.12. The molecule has 0 unspecified atom stereocenters. The van der Waals surface area contributed by atoms with E-state index in [0.717, 1.165) is 0 Å². The summed E-state index contributed by atoms with van der Waals surface area (Å²) in [5, 5.41) is 4.55. The second-order valence-corrected chi connectivity index (χ2v) is 3.00. The predicted octanol–water partition coefficient (Wildman–Crippen LogP) is 1.74. The summed E-state index contributed by atoms with van der Waals surface area (Å²) in [6.45, 7) is 1.78. The van der Waals surface area contributed by atoms with Crippen molar-refractivity contribution in [3.8, 4) is 0 Å². The summed E-state index contributed by atoms with van der Waals surface area (Å²) >= 11 is 11.4. The summed E-state index contributed by atoms with van der Waals surface area (Å²) in [5.74, 6) is 0.640. The van der Waals surface area contributed by atoms with Gasteiger partial charge in [-0.05, 0) is 18.5 Å². The van der Waals surface area contributed by atoms with Gasteiger partial charge < -0.3 is 0 Å². The van der Waals surface area contributed by atoms with Gasteiger partial charge in [0.2, 0.25) is 5.28 Å². The lowest BCUT2D eigenvalue weighted by Gasteiger charge is -1.93. The highest BCUT2D eigenvalue weighted by molar-refractivity contribution is 6.32. The molecule has 2 aromatic heterocycles. The van der Waals surface area contributed by atoms with Crippen molar-refractivity contribution in [3.05, 3.63) is 22.3 Å². The fraction of sp³-hybridized carbons (Fsp3) is 0.167. The number of halogens is 2. The predicted molar refractivity (Wildman–Crippen MR) is 45.5 cm³/mol. The number of fused-ring (bicyclic) bond motifs is 1. The molecule has 0 aromatic carbocycles. The largest absolute Gasteiger partial charge is 0.227 e. The van der Waals surface area contributed by atoms with E-state index in [0.29, 0.717) is 16.6 Å². The Bertz CT molecular complexity index is 436. The molecule has 0 radical (unpaired) electrons. The van der Waals surface area contributed by atoms with Gasteiger partial charge >= 0.3 is 0 Å². The first kappa shape index (κ1) is 7.76. The van der Waals surface area contributed by atoms with Crippen LogP contribution in [-0.2, 0) is 0 Å². The van der Waals surface area contributed by atoms with E-state index in [4.69, 9.17) is 23.2 Å². The molecule has 0 atom stereocenters. The van der Waals surface area contributed by atoms with Crippen LogP contribution in [0.4, 0.5) is 0 Å². The zero-order valence-corrected chi connectivity index (χ0v) is 7.63. The van der Waals surface area contributed by atoms with Gasteiger partial charge in [0.25, 0.3) is 0 Å². The molecule has 0 bridgehead atoms. The van der Waals surface area contributed by atoms with E-state index in [1.165, 1.54) is 4.52 Å². The Balaban J connectivity index is 2.88. The molecule has 2 aromatic rings. The molecule has 62 valence electrons. The topological polar surface area (TPSA) is 43.1 Å². The third kappa shape index (κ3) is 1.13. The fourth-order valence-corrected chi connectivity index (χ4v) is 1.37. The highest BCUT2D eigenvalue weighted by Gasteiger charge is 2.05. The first-order valence-corrected chi connectivity index (χ1v) is 3.98. The van der Waals surface area contributed by atoms with Crippen LogP contribution in [0, 0.1) is 6.92 Å². The summed E-state index contributed by atoms with van der Waals surface area (Å²) in [6, 6.07) is 1.60. The minimum atomic E-state index is 0.220. The van der Waals surface area contributed by atoms with Crippen molar-refractivity contribution in [1.82, 2.24) is 19.6 Å². The van der Waals surface area contributed by atoms with Crippen LogP contribution in [0.25, 0.3) is 5.65 Å². The third-order valence-corrected chi connectivity index (χ3v) is 1.80. The van der Waals surface area contributed by atoms with Gasteiger partial charge in [-0.1, -0.05) is 11.6 Å². The lowest BCUT2D eigenvalue weighted by molar-refractivity contribution is 0.900. The lowest BCUT2D eigenvalue weighted by atomic mass is 10.6. The maximum atomic E-state index is 5.74. The van der Waals surface area contributed by atoms with Gasteiger partial charge in [0.15, 0.2) is 5.65 Å². The van der Waals surface area contributed by atoms with Gasteiger partial charge in [-0.25, -0.2) is 9.97 Å². The minimum absolute atomic E-state index is 0.220. The minimum Gasteiger partial charge on any atom is -0.212 e. The molecule has 12 heavy (non-hydrogen) atoms. The van der Waals surface area contributed by atoms with Crippen LogP contribution in [0.1, 0.15) is 5.82 Å². The summed E-state index contributed by atoms with van der Waals surface area (Å²) in [7, 11) is 0. The third-order valence-electron chi connectivity index (χ3n) is 1.36. The monoisotopic (exact) mass is 202 g/mol. The molecule has 2 rings (SSSR count). The maximum Gasteiger partial charge on any atom is 0.227 e. The van der Waals surface area contributed by atoms with Crippen molar-refractivity contribution in [1.29, 1.82) is 0 Å². The number of nitrogens with zero attached hydrogens (tertiary/aromatic N) is 4. The highest BCUT2D eigenvalue weighted by atomic mass is 35.5. The molecule has 4 nitrogen and oxygen atoms in total. The molecule has 0 aliphatic heterocycles. The number of aromatic nitrogens is 4. The van der Waals surface area contributed by atoms with Crippen LogP contribution in [0.15, 0.2) is 6.07 Å². The smallest absolute Gasteiger partial charge is 0.212 e. The van der Waals surface area contributed by atoms with E-state index in [1.807, 2.05) is 0 Å². The Morgan fingerprint density at radius 3 is 2.83 bits per heavy atom. The Hall–Kier alpha value is -0.870. The average Bonchev–Trinajstić information content (AvgIpc) is 2.29. The van der Waals surface area contributed by atoms with Gasteiger partial charge in [-0.15, -0.1) is 5.10 Å². The summed E-state index contributed by atoms with van der Waals surface area (Å²) in [6.07, 6.45) is 0. The number of aryl methyl sites for hydroxylation is 1. The van der Waals surface area contributed by atoms with Crippen molar-refractivity contribution in [3.63, 3.8) is 0 Å². The van der Waals surface area contributed by atoms with Crippen molar-refractivity contribution in [2.75, 3.05) is 0 Å². The SMILES string of the molecule is Cc1nc2cc(Cl)nc(Cl)n2n1. The van der Waals surface area contributed by atoms with Crippen LogP contribution in [0.5, 0.6) is 0 Å². The molecular weight excluding hydrogens is 199 g/mol. The fourth-order valence-electron chi connectivity index (χ4n) is 0.935. The molecule has 0 aliphatic rings. The van der Waals surface area contributed by atoms with Gasteiger partial charge in [-0.3, -0.25) is 0 Å². The van der Waals surface area contributed by atoms with Gasteiger partial charge in [0.05, 0.1) is 0 Å². The van der Waals surface area contributed by atoms with Crippen molar-refractivity contribution >= 4 is 28.8 Å². The number of hydrogen-bond acceptors (Lipinski definition) is 3. The molecule has 0 fully saturated rings.